The van der Waals surface area contributed by atoms with Gasteiger partial charge in [-0.25, -0.2) is 15.0 Å². The minimum absolute atomic E-state index is 0.101. The molecule has 146 valence electrons. The summed E-state index contributed by atoms with van der Waals surface area (Å²) >= 11 is 12.7. The van der Waals surface area contributed by atoms with Crippen molar-refractivity contribution in [2.75, 3.05) is 25.1 Å². The minimum Gasteiger partial charge on any atom is -0.495 e. The quantitative estimate of drug-likeness (QED) is 0.683. The van der Waals surface area contributed by atoms with Crippen molar-refractivity contribution in [1.82, 2.24) is 15.0 Å². The van der Waals surface area contributed by atoms with Gasteiger partial charge in [-0.15, -0.1) is 0 Å². The minimum atomic E-state index is -0.101. The van der Waals surface area contributed by atoms with Crippen molar-refractivity contribution in [3.63, 3.8) is 0 Å². The van der Waals surface area contributed by atoms with Crippen LogP contribution >= 0.6 is 23.2 Å². The third kappa shape index (κ3) is 3.60. The summed E-state index contributed by atoms with van der Waals surface area (Å²) < 4.78 is 5.20. The lowest BCUT2D eigenvalue weighted by atomic mass is 9.91. The molecule has 0 spiro atoms. The topological polar surface area (TPSA) is 77.2 Å². The highest BCUT2D eigenvalue weighted by Crippen LogP contribution is 2.39. The fourth-order valence-corrected chi connectivity index (χ4v) is 3.83. The van der Waals surface area contributed by atoms with Gasteiger partial charge < -0.3 is 15.4 Å². The number of pyridine rings is 1. The molecule has 2 aromatic heterocycles. The predicted octanol–water partition coefficient (Wildman–Crippen LogP) is 4.32. The predicted molar refractivity (Wildman–Crippen MR) is 113 cm³/mol. The van der Waals surface area contributed by atoms with Crippen LogP contribution in [0.15, 0.2) is 30.5 Å². The summed E-state index contributed by atoms with van der Waals surface area (Å²) in [7, 11) is 1.55. The van der Waals surface area contributed by atoms with E-state index in [1.807, 2.05) is 18.2 Å². The zero-order valence-electron chi connectivity index (χ0n) is 15.7. The van der Waals surface area contributed by atoms with Crippen LogP contribution in [-0.2, 0) is 0 Å². The Kier molecular flexibility index (Phi) is 5.04. The third-order valence-corrected chi connectivity index (χ3v) is 6.03. The number of benzene rings is 1. The van der Waals surface area contributed by atoms with Crippen molar-refractivity contribution >= 4 is 40.2 Å². The van der Waals surface area contributed by atoms with Gasteiger partial charge in [0.25, 0.3) is 0 Å². The largest absolute Gasteiger partial charge is 0.495 e. The Hall–Kier alpha value is -2.15. The van der Waals surface area contributed by atoms with Crippen LogP contribution in [0.2, 0.25) is 10.0 Å². The number of nitrogens with two attached hydrogens (primary N) is 1. The molecular formula is C20H21Cl2N5O. The molecule has 1 saturated heterocycles. The number of anilines is 1. The maximum Gasteiger partial charge on any atom is 0.178 e. The first-order valence-electron chi connectivity index (χ1n) is 9.08. The number of halogens is 2. The van der Waals surface area contributed by atoms with Crippen LogP contribution in [0.1, 0.15) is 19.8 Å². The average molecular weight is 418 g/mol. The lowest BCUT2D eigenvalue weighted by Crippen LogP contribution is -2.48. The Bertz CT molecular complexity index is 1030. The molecule has 1 aliphatic heterocycles. The van der Waals surface area contributed by atoms with Gasteiger partial charge in [0.05, 0.1) is 24.0 Å². The normalized spacial score (nSPS) is 16.4. The first-order valence-corrected chi connectivity index (χ1v) is 9.83. The summed E-state index contributed by atoms with van der Waals surface area (Å²) in [5.74, 6) is 1.37. The van der Waals surface area contributed by atoms with Gasteiger partial charge in [0.2, 0.25) is 0 Å². The van der Waals surface area contributed by atoms with E-state index in [-0.39, 0.29) is 5.54 Å². The highest BCUT2D eigenvalue weighted by molar-refractivity contribution is 6.44. The van der Waals surface area contributed by atoms with Crippen LogP contribution < -0.4 is 15.4 Å². The zero-order valence-corrected chi connectivity index (χ0v) is 17.3. The monoisotopic (exact) mass is 417 g/mol. The van der Waals surface area contributed by atoms with Crippen molar-refractivity contribution in [3.8, 4) is 17.0 Å². The summed E-state index contributed by atoms with van der Waals surface area (Å²) in [5.41, 5.74) is 8.82. The van der Waals surface area contributed by atoms with E-state index < -0.39 is 0 Å². The van der Waals surface area contributed by atoms with Gasteiger partial charge in [-0.3, -0.25) is 0 Å². The van der Waals surface area contributed by atoms with Crippen molar-refractivity contribution in [2.45, 2.75) is 25.3 Å². The molecule has 1 aromatic carbocycles. The van der Waals surface area contributed by atoms with Gasteiger partial charge in [-0.2, -0.15) is 0 Å². The van der Waals surface area contributed by atoms with E-state index in [0.717, 1.165) is 42.8 Å². The number of fused-ring (bicyclic) bond motifs is 1. The van der Waals surface area contributed by atoms with Crippen molar-refractivity contribution in [2.24, 2.45) is 5.73 Å². The fourth-order valence-electron chi connectivity index (χ4n) is 3.33. The number of nitrogens with zero attached hydrogens (tertiary/aromatic N) is 4. The summed E-state index contributed by atoms with van der Waals surface area (Å²) in [6, 6.07) is 7.38. The number of aromatic nitrogens is 3. The molecule has 1 fully saturated rings. The molecule has 2 N–H and O–H groups in total. The second kappa shape index (κ2) is 7.35. The molecule has 4 rings (SSSR count). The molecule has 3 aromatic rings. The van der Waals surface area contributed by atoms with Crippen LogP contribution in [-0.4, -0.2) is 40.7 Å². The second-order valence-electron chi connectivity index (χ2n) is 7.35. The maximum atomic E-state index is 6.41. The molecule has 28 heavy (non-hydrogen) atoms. The van der Waals surface area contributed by atoms with Crippen molar-refractivity contribution < 1.29 is 4.74 Å². The molecule has 3 heterocycles. The Morgan fingerprint density at radius 2 is 1.82 bits per heavy atom. The lowest BCUT2D eigenvalue weighted by Gasteiger charge is -2.37. The molecule has 1 aliphatic rings. The average Bonchev–Trinajstić information content (AvgIpc) is 2.69. The molecule has 0 amide bonds. The SMILES string of the molecule is COc1ccc(-c2ccc3nc(N4CCC(C)(N)CC4)cnc3n2)c(Cl)c1Cl. The first-order chi connectivity index (χ1) is 13.4. The number of rotatable bonds is 3. The number of hydrogen-bond acceptors (Lipinski definition) is 6. The highest BCUT2D eigenvalue weighted by atomic mass is 35.5. The van der Waals surface area contributed by atoms with Gasteiger partial charge in [0.1, 0.15) is 22.1 Å². The van der Waals surface area contributed by atoms with Crippen LogP contribution in [0.25, 0.3) is 22.4 Å². The number of methoxy groups -OCH3 is 1. The number of piperidine rings is 1. The summed E-state index contributed by atoms with van der Waals surface area (Å²) in [5, 5.41) is 0.762. The van der Waals surface area contributed by atoms with E-state index in [2.05, 4.69) is 21.8 Å². The molecule has 0 atom stereocenters. The molecular weight excluding hydrogens is 397 g/mol. The summed E-state index contributed by atoms with van der Waals surface area (Å²) in [6.45, 7) is 3.84. The van der Waals surface area contributed by atoms with Gasteiger partial charge >= 0.3 is 0 Å². The van der Waals surface area contributed by atoms with Gasteiger partial charge in [0.15, 0.2) is 5.65 Å². The van der Waals surface area contributed by atoms with Gasteiger partial charge in [-0.1, -0.05) is 23.2 Å². The molecule has 8 heteroatoms. The lowest BCUT2D eigenvalue weighted by molar-refractivity contribution is 0.363. The third-order valence-electron chi connectivity index (χ3n) is 5.16. The van der Waals surface area contributed by atoms with Crippen LogP contribution in [0.5, 0.6) is 5.75 Å². The number of hydrogen-bond donors (Lipinski definition) is 1. The molecule has 0 bridgehead atoms. The van der Waals surface area contributed by atoms with Gasteiger partial charge in [0, 0.05) is 24.2 Å². The Morgan fingerprint density at radius 1 is 1.07 bits per heavy atom. The number of ether oxygens (including phenoxy) is 1. The highest BCUT2D eigenvalue weighted by Gasteiger charge is 2.26. The van der Waals surface area contributed by atoms with E-state index in [1.54, 1.807) is 19.4 Å². The molecule has 0 unspecified atom stereocenters. The Morgan fingerprint density at radius 3 is 2.54 bits per heavy atom. The maximum absolute atomic E-state index is 6.41. The van der Waals surface area contributed by atoms with Crippen LogP contribution in [0.3, 0.4) is 0 Å². The van der Waals surface area contributed by atoms with E-state index in [4.69, 9.17) is 38.7 Å². The standard InChI is InChI=1S/C20H21Cl2N5O/c1-20(23)7-9-27(10-8-20)16-11-24-19-14(25-16)5-4-13(26-19)12-3-6-15(28-2)18(22)17(12)21/h3-6,11H,7-10,23H2,1-2H3. The molecule has 0 saturated carbocycles. The molecule has 6 nitrogen and oxygen atoms in total. The van der Waals surface area contributed by atoms with Crippen LogP contribution in [0.4, 0.5) is 5.82 Å². The smallest absolute Gasteiger partial charge is 0.178 e. The van der Waals surface area contributed by atoms with Crippen molar-refractivity contribution in [1.29, 1.82) is 0 Å². The van der Waals surface area contributed by atoms with Gasteiger partial charge in [-0.05, 0) is 44.0 Å². The van der Waals surface area contributed by atoms with E-state index in [9.17, 15) is 0 Å². The summed E-state index contributed by atoms with van der Waals surface area (Å²) in [6.07, 6.45) is 3.63. The van der Waals surface area contributed by atoms with Crippen LogP contribution in [0, 0.1) is 0 Å². The molecule has 0 radical (unpaired) electrons. The van der Waals surface area contributed by atoms with Crippen molar-refractivity contribution in [3.05, 3.63) is 40.5 Å². The summed E-state index contributed by atoms with van der Waals surface area (Å²) in [4.78, 5) is 16.1. The van der Waals surface area contributed by atoms with E-state index in [1.165, 1.54) is 0 Å². The Labute approximate surface area is 173 Å². The zero-order chi connectivity index (χ0) is 19.9. The van der Waals surface area contributed by atoms with E-state index in [0.29, 0.717) is 27.1 Å². The molecule has 0 aliphatic carbocycles. The van der Waals surface area contributed by atoms with E-state index >= 15 is 0 Å². The Balaban J connectivity index is 1.65. The first kappa shape index (κ1) is 19.2. The fraction of sp³-hybridized carbons (Fsp3) is 0.350. The second-order valence-corrected chi connectivity index (χ2v) is 8.11.